The van der Waals surface area contributed by atoms with Gasteiger partial charge in [-0.3, -0.25) is 4.79 Å². The van der Waals surface area contributed by atoms with Gasteiger partial charge < -0.3 is 14.4 Å². The van der Waals surface area contributed by atoms with Crippen LogP contribution in [0.4, 0.5) is 0 Å². The van der Waals surface area contributed by atoms with Gasteiger partial charge in [-0.25, -0.2) is 0 Å². The first-order valence-electron chi connectivity index (χ1n) is 9.57. The number of likely N-dealkylation sites (tertiary alicyclic amines) is 1. The van der Waals surface area contributed by atoms with E-state index >= 15 is 0 Å². The number of hydrogen-bond acceptors (Lipinski definition) is 3. The van der Waals surface area contributed by atoms with Crippen molar-refractivity contribution >= 4 is 5.91 Å². The van der Waals surface area contributed by atoms with E-state index < -0.39 is 0 Å². The average Bonchev–Trinajstić information content (AvgIpc) is 3.00. The minimum absolute atomic E-state index is 0.0170. The van der Waals surface area contributed by atoms with Gasteiger partial charge in [0.25, 0.3) is 5.91 Å². The number of nitrogens with zero attached hydrogens (tertiary/aromatic N) is 1. The maximum absolute atomic E-state index is 12.9. The fraction of sp³-hybridized carbons (Fsp3) is 0.375. The summed E-state index contributed by atoms with van der Waals surface area (Å²) >= 11 is 0. The molecule has 146 valence electrons. The molecule has 2 heterocycles. The summed E-state index contributed by atoms with van der Waals surface area (Å²) in [6.07, 6.45) is 2.79. The molecule has 1 amide bonds. The SMILES string of the molecule is Cc1cc(C(=O)N2CC/C(=C\C#Cc3cccc(CO)c3)C(C)(C)C2)c(C)o1. The molecule has 3 rings (SSSR count). The zero-order valence-corrected chi connectivity index (χ0v) is 17.0. The van der Waals surface area contributed by atoms with Crippen molar-refractivity contribution in [2.45, 2.75) is 40.7 Å². The van der Waals surface area contributed by atoms with E-state index in [0.29, 0.717) is 24.4 Å². The van der Waals surface area contributed by atoms with Crippen LogP contribution in [0.5, 0.6) is 0 Å². The van der Waals surface area contributed by atoms with E-state index in [0.717, 1.165) is 23.3 Å². The van der Waals surface area contributed by atoms with Crippen LogP contribution in [0.25, 0.3) is 0 Å². The third-order valence-corrected chi connectivity index (χ3v) is 5.24. The first-order valence-corrected chi connectivity index (χ1v) is 9.57. The number of carbonyl (C=O) groups excluding carboxylic acids is 1. The molecule has 1 N–H and O–H groups in total. The highest BCUT2D eigenvalue weighted by Gasteiger charge is 2.34. The van der Waals surface area contributed by atoms with Crippen LogP contribution in [0.15, 0.2) is 46.4 Å². The zero-order valence-electron chi connectivity index (χ0n) is 17.0. The summed E-state index contributed by atoms with van der Waals surface area (Å²) in [7, 11) is 0. The lowest BCUT2D eigenvalue weighted by molar-refractivity contribution is 0.0661. The number of benzene rings is 1. The summed E-state index contributed by atoms with van der Waals surface area (Å²) in [5.74, 6) is 7.77. The predicted molar refractivity (Wildman–Crippen MR) is 110 cm³/mol. The van der Waals surface area contributed by atoms with Crippen molar-refractivity contribution in [3.8, 4) is 11.8 Å². The molecule has 0 aliphatic carbocycles. The molecule has 4 heteroatoms. The van der Waals surface area contributed by atoms with Gasteiger partial charge in [-0.1, -0.05) is 43.4 Å². The second-order valence-electron chi connectivity index (χ2n) is 7.98. The van der Waals surface area contributed by atoms with Gasteiger partial charge in [-0.2, -0.15) is 0 Å². The molecule has 1 aromatic carbocycles. The van der Waals surface area contributed by atoms with Crippen LogP contribution in [0.2, 0.25) is 0 Å². The Hall–Kier alpha value is -2.77. The largest absolute Gasteiger partial charge is 0.466 e. The van der Waals surface area contributed by atoms with Crippen molar-refractivity contribution < 1.29 is 14.3 Å². The highest BCUT2D eigenvalue weighted by Crippen LogP contribution is 2.35. The Balaban J connectivity index is 1.73. The van der Waals surface area contributed by atoms with Crippen LogP contribution in [0, 0.1) is 31.1 Å². The van der Waals surface area contributed by atoms with Crippen LogP contribution in [0.3, 0.4) is 0 Å². The third kappa shape index (κ3) is 4.37. The average molecular weight is 377 g/mol. The zero-order chi connectivity index (χ0) is 20.3. The van der Waals surface area contributed by atoms with E-state index in [1.165, 1.54) is 5.57 Å². The number of piperidine rings is 1. The predicted octanol–water partition coefficient (Wildman–Crippen LogP) is 4.24. The Bertz CT molecular complexity index is 969. The second kappa shape index (κ2) is 8.08. The standard InChI is InChI=1S/C24H27NO3/c1-17-13-22(18(2)28-17)23(27)25-12-11-21(24(3,4)16-25)10-6-8-19-7-5-9-20(14-19)15-26/h5,7,9-10,13-14,26H,11-12,15-16H2,1-4H3/b21-10+. The number of carbonyl (C=O) groups is 1. The van der Waals surface area contributed by atoms with Gasteiger partial charge >= 0.3 is 0 Å². The number of furan rings is 1. The Morgan fingerprint density at radius 3 is 2.75 bits per heavy atom. The molecule has 0 atom stereocenters. The first kappa shape index (κ1) is 20.0. The molecule has 0 saturated carbocycles. The quantitative estimate of drug-likeness (QED) is 0.797. The first-order chi connectivity index (χ1) is 13.3. The van der Waals surface area contributed by atoms with E-state index in [9.17, 15) is 9.90 Å². The molecule has 1 saturated heterocycles. The summed E-state index contributed by atoms with van der Waals surface area (Å²) in [5, 5.41) is 9.23. The molecule has 1 aliphatic heterocycles. The van der Waals surface area contributed by atoms with Gasteiger partial charge in [0, 0.05) is 24.1 Å². The molecule has 2 aromatic rings. The molecule has 0 radical (unpaired) electrons. The van der Waals surface area contributed by atoms with Crippen molar-refractivity contribution in [1.29, 1.82) is 0 Å². The van der Waals surface area contributed by atoms with E-state index in [1.54, 1.807) is 0 Å². The van der Waals surface area contributed by atoms with Crippen LogP contribution in [-0.4, -0.2) is 29.0 Å². The normalized spacial score (nSPS) is 17.3. The van der Waals surface area contributed by atoms with E-state index in [-0.39, 0.29) is 17.9 Å². The molecule has 4 nitrogen and oxygen atoms in total. The van der Waals surface area contributed by atoms with Crippen molar-refractivity contribution in [1.82, 2.24) is 4.90 Å². The molecule has 0 bridgehead atoms. The van der Waals surface area contributed by atoms with Crippen molar-refractivity contribution in [3.05, 3.63) is 70.2 Å². The number of hydrogen-bond donors (Lipinski definition) is 1. The monoisotopic (exact) mass is 377 g/mol. The number of rotatable bonds is 2. The fourth-order valence-electron chi connectivity index (χ4n) is 3.66. The molecule has 1 fully saturated rings. The van der Waals surface area contributed by atoms with E-state index in [4.69, 9.17) is 4.42 Å². The minimum atomic E-state index is -0.137. The van der Waals surface area contributed by atoms with Crippen LogP contribution < -0.4 is 0 Å². The highest BCUT2D eigenvalue weighted by molar-refractivity contribution is 5.95. The van der Waals surface area contributed by atoms with Gasteiger partial charge in [0.1, 0.15) is 11.5 Å². The van der Waals surface area contributed by atoms with Gasteiger partial charge in [0.2, 0.25) is 0 Å². The molecule has 28 heavy (non-hydrogen) atoms. The van der Waals surface area contributed by atoms with Crippen LogP contribution >= 0.6 is 0 Å². The number of aliphatic hydroxyl groups is 1. The summed E-state index contributed by atoms with van der Waals surface area (Å²) in [5.41, 5.74) is 3.52. The van der Waals surface area contributed by atoms with Crippen LogP contribution in [0.1, 0.15) is 53.3 Å². The fourth-order valence-corrected chi connectivity index (χ4v) is 3.66. The molecular weight excluding hydrogens is 350 g/mol. The Morgan fingerprint density at radius 1 is 1.32 bits per heavy atom. The lowest BCUT2D eigenvalue weighted by Crippen LogP contribution is -2.45. The minimum Gasteiger partial charge on any atom is -0.466 e. The second-order valence-corrected chi connectivity index (χ2v) is 7.98. The van der Waals surface area contributed by atoms with Crippen LogP contribution in [-0.2, 0) is 6.61 Å². The molecular formula is C24H27NO3. The summed E-state index contributed by atoms with van der Waals surface area (Å²) in [6, 6.07) is 9.43. The van der Waals surface area contributed by atoms with Crippen molar-refractivity contribution in [2.75, 3.05) is 13.1 Å². The van der Waals surface area contributed by atoms with Gasteiger partial charge in [0.15, 0.2) is 0 Å². The van der Waals surface area contributed by atoms with Gasteiger partial charge in [-0.15, -0.1) is 0 Å². The topological polar surface area (TPSA) is 53.7 Å². The highest BCUT2D eigenvalue weighted by atomic mass is 16.3. The third-order valence-electron chi connectivity index (χ3n) is 5.24. The summed E-state index contributed by atoms with van der Waals surface area (Å²) < 4.78 is 5.52. The number of aliphatic hydroxyl groups excluding tert-OH is 1. The van der Waals surface area contributed by atoms with E-state index in [2.05, 4.69) is 25.7 Å². The summed E-state index contributed by atoms with van der Waals surface area (Å²) in [6.45, 7) is 9.35. The Labute approximate surface area is 166 Å². The molecule has 1 aromatic heterocycles. The van der Waals surface area contributed by atoms with Crippen molar-refractivity contribution in [2.24, 2.45) is 5.41 Å². The molecule has 1 aliphatic rings. The lowest BCUT2D eigenvalue weighted by atomic mass is 9.78. The van der Waals surface area contributed by atoms with E-state index in [1.807, 2.05) is 55.2 Å². The van der Waals surface area contributed by atoms with Crippen molar-refractivity contribution in [3.63, 3.8) is 0 Å². The Morgan fingerprint density at radius 2 is 2.11 bits per heavy atom. The smallest absolute Gasteiger partial charge is 0.257 e. The number of amides is 1. The van der Waals surface area contributed by atoms with Gasteiger partial charge in [-0.05, 0) is 50.1 Å². The number of allylic oxidation sites excluding steroid dienone is 1. The number of aryl methyl sites for hydroxylation is 2. The molecule has 0 unspecified atom stereocenters. The maximum Gasteiger partial charge on any atom is 0.257 e. The Kier molecular flexibility index (Phi) is 5.76. The lowest BCUT2D eigenvalue weighted by Gasteiger charge is -2.40. The maximum atomic E-state index is 12.9. The van der Waals surface area contributed by atoms with Gasteiger partial charge in [0.05, 0.1) is 12.2 Å². The summed E-state index contributed by atoms with van der Waals surface area (Å²) in [4.78, 5) is 14.8. The molecule has 0 spiro atoms.